The molecule has 5 rings (SSSR count). The van der Waals surface area contributed by atoms with Gasteiger partial charge in [-0.3, -0.25) is 9.78 Å². The fourth-order valence-corrected chi connectivity index (χ4v) is 5.03. The van der Waals surface area contributed by atoms with E-state index in [1.807, 2.05) is 6.07 Å². The number of likely N-dealkylation sites (tertiary alicyclic amines) is 1. The molecule has 5 N–H and O–H groups in total. The number of hydrogen-bond acceptors (Lipinski definition) is 8. The van der Waals surface area contributed by atoms with Crippen LogP contribution in [0.2, 0.25) is 0 Å². The molecule has 1 amide bonds. The SMILES string of the molecule is CC(C)(O)C(O)C(=O)N1CCC(NCc2nc3c(-c4cnc5ccc(F)cc5c4)cnn3c(N)c2Br)CC1. The highest BCUT2D eigenvalue weighted by atomic mass is 79.9. The van der Waals surface area contributed by atoms with Crippen molar-refractivity contribution in [2.45, 2.75) is 51.0 Å². The number of hydrogen-bond donors (Lipinski definition) is 4. The Morgan fingerprint density at radius 3 is 2.74 bits per heavy atom. The molecule has 1 fully saturated rings. The molecule has 0 spiro atoms. The number of piperidine rings is 1. The summed E-state index contributed by atoms with van der Waals surface area (Å²) in [6.45, 7) is 4.21. The average Bonchev–Trinajstić information content (AvgIpc) is 3.32. The number of pyridine rings is 1. The number of nitrogens with two attached hydrogens (primary N) is 1. The van der Waals surface area contributed by atoms with Crippen LogP contribution in [0.4, 0.5) is 10.2 Å². The summed E-state index contributed by atoms with van der Waals surface area (Å²) in [7, 11) is 0. The van der Waals surface area contributed by atoms with E-state index in [2.05, 4.69) is 31.3 Å². The first kappa shape index (κ1) is 26.4. The first-order valence-corrected chi connectivity index (χ1v) is 13.1. The van der Waals surface area contributed by atoms with Gasteiger partial charge in [0.2, 0.25) is 0 Å². The Bertz CT molecular complexity index is 1510. The van der Waals surface area contributed by atoms with Crippen molar-refractivity contribution >= 4 is 44.2 Å². The van der Waals surface area contributed by atoms with E-state index in [-0.39, 0.29) is 11.9 Å². The molecule has 1 aliphatic heterocycles. The van der Waals surface area contributed by atoms with Gasteiger partial charge in [-0.05, 0) is 66.9 Å². The number of nitrogens with one attached hydrogen (secondary N) is 1. The van der Waals surface area contributed by atoms with Crippen LogP contribution in [0.3, 0.4) is 0 Å². The molecule has 3 aromatic heterocycles. The molecule has 12 heteroatoms. The van der Waals surface area contributed by atoms with Gasteiger partial charge < -0.3 is 26.2 Å². The van der Waals surface area contributed by atoms with Crippen LogP contribution in [0.1, 0.15) is 32.4 Å². The van der Waals surface area contributed by atoms with Crippen LogP contribution in [0.15, 0.2) is 41.1 Å². The van der Waals surface area contributed by atoms with Gasteiger partial charge in [-0.1, -0.05) is 0 Å². The molecular weight excluding hydrogens is 557 g/mol. The Hall–Kier alpha value is -3.19. The van der Waals surface area contributed by atoms with Crippen molar-refractivity contribution in [2.24, 2.45) is 0 Å². The highest BCUT2D eigenvalue weighted by Gasteiger charge is 2.35. The number of aromatic nitrogens is 4. The largest absolute Gasteiger partial charge is 0.387 e. The third kappa shape index (κ3) is 5.08. The normalized spacial score (nSPS) is 15.9. The van der Waals surface area contributed by atoms with E-state index in [0.29, 0.717) is 65.0 Å². The van der Waals surface area contributed by atoms with Gasteiger partial charge in [0, 0.05) is 48.4 Å². The minimum atomic E-state index is -1.49. The maximum absolute atomic E-state index is 13.8. The van der Waals surface area contributed by atoms with Gasteiger partial charge in [0.05, 0.1) is 27.5 Å². The molecule has 0 aliphatic carbocycles. The molecule has 38 heavy (non-hydrogen) atoms. The zero-order valence-electron chi connectivity index (χ0n) is 21.0. The summed E-state index contributed by atoms with van der Waals surface area (Å²) in [6.07, 6.45) is 3.30. The zero-order chi connectivity index (χ0) is 27.2. The van der Waals surface area contributed by atoms with E-state index in [0.717, 1.165) is 11.1 Å². The molecule has 1 atom stereocenters. The van der Waals surface area contributed by atoms with Crippen molar-refractivity contribution in [1.82, 2.24) is 29.8 Å². The van der Waals surface area contributed by atoms with Crippen molar-refractivity contribution in [3.05, 3.63) is 52.6 Å². The fraction of sp³-hybridized carbons (Fsp3) is 0.385. The van der Waals surface area contributed by atoms with Gasteiger partial charge >= 0.3 is 0 Å². The quantitative estimate of drug-likeness (QED) is 0.270. The third-order valence-electron chi connectivity index (χ3n) is 6.91. The highest BCUT2D eigenvalue weighted by Crippen LogP contribution is 2.31. The first-order chi connectivity index (χ1) is 18.0. The number of nitrogens with zero attached hydrogens (tertiary/aromatic N) is 5. The molecule has 1 saturated heterocycles. The van der Waals surface area contributed by atoms with Crippen LogP contribution in [-0.2, 0) is 11.3 Å². The van der Waals surface area contributed by atoms with Crippen LogP contribution >= 0.6 is 15.9 Å². The van der Waals surface area contributed by atoms with E-state index in [1.165, 1.54) is 26.0 Å². The summed E-state index contributed by atoms with van der Waals surface area (Å²) >= 11 is 3.55. The number of benzene rings is 1. The van der Waals surface area contributed by atoms with Crippen LogP contribution < -0.4 is 11.1 Å². The Morgan fingerprint density at radius 2 is 2.03 bits per heavy atom. The second kappa shape index (κ2) is 10.2. The Labute approximate surface area is 226 Å². The zero-order valence-corrected chi connectivity index (χ0v) is 22.6. The summed E-state index contributed by atoms with van der Waals surface area (Å²) < 4.78 is 16.0. The topological polar surface area (TPSA) is 142 Å². The van der Waals surface area contributed by atoms with Crippen molar-refractivity contribution in [1.29, 1.82) is 0 Å². The predicted octanol–water partition coefficient (Wildman–Crippen LogP) is 2.64. The van der Waals surface area contributed by atoms with E-state index in [9.17, 15) is 19.4 Å². The molecule has 200 valence electrons. The van der Waals surface area contributed by atoms with Crippen LogP contribution in [0.25, 0.3) is 27.7 Å². The summed E-state index contributed by atoms with van der Waals surface area (Å²) in [5.74, 6) is -0.392. The van der Waals surface area contributed by atoms with Crippen molar-refractivity contribution in [3.8, 4) is 11.1 Å². The van der Waals surface area contributed by atoms with Gasteiger partial charge in [-0.2, -0.15) is 9.61 Å². The molecule has 4 heterocycles. The third-order valence-corrected chi connectivity index (χ3v) is 7.78. The van der Waals surface area contributed by atoms with Gasteiger partial charge in [0.25, 0.3) is 5.91 Å². The summed E-state index contributed by atoms with van der Waals surface area (Å²) in [6, 6.07) is 6.44. The lowest BCUT2D eigenvalue weighted by atomic mass is 9.98. The molecule has 1 aromatic carbocycles. The standard InChI is InChI=1S/C26H29BrFN7O3/c1-26(2,38)22(36)25(37)34-7-5-17(6-8-34)30-13-20-21(27)23(29)35-24(33-20)18(12-32-35)15-9-14-10-16(28)3-4-19(14)31-11-15/h3-4,9-12,17,22,30,36,38H,5-8,13,29H2,1-2H3. The maximum atomic E-state index is 13.8. The number of aliphatic hydroxyl groups is 2. The molecule has 1 unspecified atom stereocenters. The smallest absolute Gasteiger partial charge is 0.254 e. The van der Waals surface area contributed by atoms with Crippen LogP contribution in [0, 0.1) is 5.82 Å². The lowest BCUT2D eigenvalue weighted by Gasteiger charge is -2.35. The number of carbonyl (C=O) groups is 1. The van der Waals surface area contributed by atoms with Crippen molar-refractivity contribution < 1.29 is 19.4 Å². The molecule has 0 radical (unpaired) electrons. The molecule has 4 aromatic rings. The number of nitrogen functional groups attached to an aromatic ring is 1. The average molecular weight is 586 g/mol. The van der Waals surface area contributed by atoms with E-state index in [4.69, 9.17) is 10.7 Å². The number of fused-ring (bicyclic) bond motifs is 2. The number of anilines is 1. The Morgan fingerprint density at radius 1 is 1.29 bits per heavy atom. The van der Waals surface area contributed by atoms with Gasteiger partial charge in [0.15, 0.2) is 11.8 Å². The van der Waals surface area contributed by atoms with E-state index in [1.54, 1.807) is 27.9 Å². The summed E-state index contributed by atoms with van der Waals surface area (Å²) in [4.78, 5) is 23.3. The van der Waals surface area contributed by atoms with E-state index < -0.39 is 17.6 Å². The number of halogens is 2. The molecule has 0 saturated carbocycles. The van der Waals surface area contributed by atoms with Crippen LogP contribution in [-0.4, -0.2) is 71.4 Å². The second-order valence-electron chi connectivity index (χ2n) is 10.1. The van der Waals surface area contributed by atoms with E-state index >= 15 is 0 Å². The monoisotopic (exact) mass is 585 g/mol. The van der Waals surface area contributed by atoms with Gasteiger partial charge in [0.1, 0.15) is 11.6 Å². The summed E-state index contributed by atoms with van der Waals surface area (Å²) in [5.41, 5.74) is 8.30. The predicted molar refractivity (Wildman–Crippen MR) is 145 cm³/mol. The molecular formula is C26H29BrFN7O3. The summed E-state index contributed by atoms with van der Waals surface area (Å²) in [5, 5.41) is 28.6. The highest BCUT2D eigenvalue weighted by molar-refractivity contribution is 9.10. The molecule has 1 aliphatic rings. The number of aliphatic hydroxyl groups excluding tert-OH is 1. The minimum absolute atomic E-state index is 0.133. The lowest BCUT2D eigenvalue weighted by Crippen LogP contribution is -2.53. The van der Waals surface area contributed by atoms with Gasteiger partial charge in [-0.15, -0.1) is 0 Å². The van der Waals surface area contributed by atoms with Crippen LogP contribution in [0.5, 0.6) is 0 Å². The fourth-order valence-electron chi connectivity index (χ4n) is 4.63. The Kier molecular flexibility index (Phi) is 7.07. The minimum Gasteiger partial charge on any atom is -0.387 e. The second-order valence-corrected chi connectivity index (χ2v) is 10.9. The molecule has 10 nitrogen and oxygen atoms in total. The van der Waals surface area contributed by atoms with Crippen molar-refractivity contribution in [3.63, 3.8) is 0 Å². The number of carbonyl (C=O) groups excluding carboxylic acids is 1. The first-order valence-electron chi connectivity index (χ1n) is 12.3. The number of rotatable bonds is 6. The van der Waals surface area contributed by atoms with Gasteiger partial charge in [-0.25, -0.2) is 9.37 Å². The Balaban J connectivity index is 1.32. The molecule has 0 bridgehead atoms. The maximum Gasteiger partial charge on any atom is 0.254 e. The number of amides is 1. The van der Waals surface area contributed by atoms with Crippen molar-refractivity contribution in [2.75, 3.05) is 18.8 Å². The lowest BCUT2D eigenvalue weighted by molar-refractivity contribution is -0.153.